The van der Waals surface area contributed by atoms with Crippen molar-refractivity contribution in [3.05, 3.63) is 28.9 Å². The number of hydrogen-bond donors (Lipinski definition) is 1. The molecule has 2 aromatic rings. The normalized spacial score (nSPS) is 14.5. The van der Waals surface area contributed by atoms with Crippen molar-refractivity contribution in [2.75, 3.05) is 6.61 Å². The maximum atomic E-state index is 6.07. The lowest BCUT2D eigenvalue weighted by Crippen LogP contribution is -1.86. The average molecular weight is 194 g/mol. The number of fused-ring (bicyclic) bond motifs is 3. The zero-order valence-electron chi connectivity index (χ0n) is 6.93. The molecule has 1 aliphatic heterocycles. The van der Waals surface area contributed by atoms with Crippen molar-refractivity contribution in [1.82, 2.24) is 4.98 Å². The van der Waals surface area contributed by atoms with Crippen LogP contribution in [0.4, 0.5) is 0 Å². The first-order chi connectivity index (χ1) is 6.36. The third-order valence-corrected chi connectivity index (χ3v) is 2.73. The Hall–Kier alpha value is -1.15. The molecule has 0 fully saturated rings. The molecule has 0 saturated heterocycles. The summed E-state index contributed by atoms with van der Waals surface area (Å²) in [7, 11) is 0. The summed E-state index contributed by atoms with van der Waals surface area (Å²) < 4.78 is 5.45. The van der Waals surface area contributed by atoms with Gasteiger partial charge in [0.15, 0.2) is 0 Å². The van der Waals surface area contributed by atoms with Crippen molar-refractivity contribution < 1.29 is 4.74 Å². The zero-order valence-corrected chi connectivity index (χ0v) is 7.69. The summed E-state index contributed by atoms with van der Waals surface area (Å²) in [5, 5.41) is 1.88. The third kappa shape index (κ3) is 0.893. The predicted octanol–water partition coefficient (Wildman–Crippen LogP) is 2.76. The highest BCUT2D eigenvalue weighted by Gasteiger charge is 2.19. The highest BCUT2D eigenvalue weighted by molar-refractivity contribution is 6.33. The Morgan fingerprint density at radius 2 is 2.38 bits per heavy atom. The molecular formula is C10H8ClNO. The molecule has 0 unspecified atom stereocenters. The molecule has 0 saturated carbocycles. The molecule has 0 radical (unpaired) electrons. The van der Waals surface area contributed by atoms with Crippen molar-refractivity contribution >= 4 is 22.5 Å². The fraction of sp³-hybridized carbons (Fsp3) is 0.200. The van der Waals surface area contributed by atoms with E-state index in [2.05, 4.69) is 4.98 Å². The Kier molecular flexibility index (Phi) is 1.35. The molecule has 2 heterocycles. The molecule has 66 valence electrons. The Balaban J connectivity index is 2.48. The van der Waals surface area contributed by atoms with Crippen LogP contribution in [-0.2, 0) is 6.42 Å². The summed E-state index contributed by atoms with van der Waals surface area (Å²) in [5.74, 6) is 0.858. The second-order valence-electron chi connectivity index (χ2n) is 3.21. The Labute approximate surface area is 80.5 Å². The third-order valence-electron chi connectivity index (χ3n) is 2.45. The number of aromatic amines is 1. The van der Waals surface area contributed by atoms with E-state index < -0.39 is 0 Å². The molecular weight excluding hydrogens is 186 g/mol. The number of halogens is 1. The summed E-state index contributed by atoms with van der Waals surface area (Å²) in [6.07, 6.45) is 2.88. The van der Waals surface area contributed by atoms with E-state index in [0.29, 0.717) is 0 Å². The molecule has 13 heavy (non-hydrogen) atoms. The minimum Gasteiger partial charge on any atom is -0.491 e. The summed E-state index contributed by atoms with van der Waals surface area (Å²) in [6.45, 7) is 0.743. The smallest absolute Gasteiger partial charge is 0.143 e. The molecule has 0 aliphatic carbocycles. The van der Waals surface area contributed by atoms with E-state index in [9.17, 15) is 0 Å². The SMILES string of the molecule is Clc1cc2cc[nH]c2c2c1OCC2. The first-order valence-corrected chi connectivity index (χ1v) is 4.65. The Morgan fingerprint density at radius 3 is 3.31 bits per heavy atom. The number of ether oxygens (including phenoxy) is 1. The summed E-state index contributed by atoms with van der Waals surface area (Å²) in [6, 6.07) is 3.97. The van der Waals surface area contributed by atoms with Gasteiger partial charge in [-0.2, -0.15) is 0 Å². The number of H-pyrrole nitrogens is 1. The molecule has 1 aromatic heterocycles. The van der Waals surface area contributed by atoms with Crippen LogP contribution in [0.25, 0.3) is 10.9 Å². The lowest BCUT2D eigenvalue weighted by atomic mass is 10.1. The monoisotopic (exact) mass is 193 g/mol. The maximum absolute atomic E-state index is 6.07. The van der Waals surface area contributed by atoms with Crippen LogP contribution in [-0.4, -0.2) is 11.6 Å². The van der Waals surface area contributed by atoms with Gasteiger partial charge in [-0.25, -0.2) is 0 Å². The number of aromatic nitrogens is 1. The molecule has 0 atom stereocenters. The molecule has 3 heteroatoms. The standard InChI is InChI=1S/C10H8ClNO/c11-8-5-6-1-3-12-9(6)7-2-4-13-10(7)8/h1,3,5,12H,2,4H2. The van der Waals surface area contributed by atoms with Gasteiger partial charge < -0.3 is 9.72 Å². The van der Waals surface area contributed by atoms with Gasteiger partial charge in [0.25, 0.3) is 0 Å². The van der Waals surface area contributed by atoms with E-state index in [1.165, 1.54) is 5.56 Å². The number of hydrogen-bond acceptors (Lipinski definition) is 1. The van der Waals surface area contributed by atoms with Gasteiger partial charge in [0.2, 0.25) is 0 Å². The minimum atomic E-state index is 0.722. The van der Waals surface area contributed by atoms with Crippen LogP contribution >= 0.6 is 11.6 Å². The fourth-order valence-electron chi connectivity index (χ4n) is 1.87. The molecule has 1 N–H and O–H groups in total. The lowest BCUT2D eigenvalue weighted by molar-refractivity contribution is 0.357. The van der Waals surface area contributed by atoms with E-state index in [-0.39, 0.29) is 0 Å². The van der Waals surface area contributed by atoms with Crippen LogP contribution in [0.15, 0.2) is 18.3 Å². The molecule has 1 aromatic carbocycles. The van der Waals surface area contributed by atoms with Crippen LogP contribution in [0.5, 0.6) is 5.75 Å². The largest absolute Gasteiger partial charge is 0.491 e. The van der Waals surface area contributed by atoms with Gasteiger partial charge in [0, 0.05) is 23.6 Å². The van der Waals surface area contributed by atoms with Crippen molar-refractivity contribution in [3.8, 4) is 5.75 Å². The highest BCUT2D eigenvalue weighted by Crippen LogP contribution is 2.38. The van der Waals surface area contributed by atoms with Crippen molar-refractivity contribution in [2.24, 2.45) is 0 Å². The first-order valence-electron chi connectivity index (χ1n) is 4.27. The quantitative estimate of drug-likeness (QED) is 0.684. The molecule has 0 amide bonds. The molecule has 3 rings (SSSR count). The van der Waals surface area contributed by atoms with Crippen LogP contribution in [0, 0.1) is 0 Å². The van der Waals surface area contributed by atoms with Gasteiger partial charge in [-0.15, -0.1) is 0 Å². The van der Waals surface area contributed by atoms with Gasteiger partial charge in [0.05, 0.1) is 17.1 Å². The van der Waals surface area contributed by atoms with E-state index in [1.54, 1.807) is 0 Å². The maximum Gasteiger partial charge on any atom is 0.143 e. The molecule has 2 nitrogen and oxygen atoms in total. The Bertz CT molecular complexity index is 475. The van der Waals surface area contributed by atoms with Gasteiger partial charge in [-0.05, 0) is 12.1 Å². The lowest BCUT2D eigenvalue weighted by Gasteiger charge is -2.02. The van der Waals surface area contributed by atoms with Crippen LogP contribution in [0.2, 0.25) is 5.02 Å². The number of nitrogens with one attached hydrogen (secondary N) is 1. The molecule has 1 aliphatic rings. The predicted molar refractivity (Wildman–Crippen MR) is 52.5 cm³/mol. The fourth-order valence-corrected chi connectivity index (χ4v) is 2.16. The molecule has 0 bridgehead atoms. The van der Waals surface area contributed by atoms with Crippen molar-refractivity contribution in [3.63, 3.8) is 0 Å². The van der Waals surface area contributed by atoms with Gasteiger partial charge in [-0.1, -0.05) is 11.6 Å². The summed E-state index contributed by atoms with van der Waals surface area (Å²) >= 11 is 6.07. The van der Waals surface area contributed by atoms with E-state index in [1.807, 2.05) is 18.3 Å². The van der Waals surface area contributed by atoms with Gasteiger partial charge >= 0.3 is 0 Å². The average Bonchev–Trinajstić information content (AvgIpc) is 2.66. The van der Waals surface area contributed by atoms with E-state index in [0.717, 1.165) is 34.7 Å². The van der Waals surface area contributed by atoms with Crippen LogP contribution in [0.1, 0.15) is 5.56 Å². The molecule has 0 spiro atoms. The zero-order chi connectivity index (χ0) is 8.84. The summed E-state index contributed by atoms with van der Waals surface area (Å²) in [4.78, 5) is 3.21. The Morgan fingerprint density at radius 1 is 1.46 bits per heavy atom. The van der Waals surface area contributed by atoms with Gasteiger partial charge in [0.1, 0.15) is 5.75 Å². The van der Waals surface area contributed by atoms with Crippen molar-refractivity contribution in [1.29, 1.82) is 0 Å². The number of benzene rings is 1. The summed E-state index contributed by atoms with van der Waals surface area (Å²) in [5.41, 5.74) is 2.38. The minimum absolute atomic E-state index is 0.722. The van der Waals surface area contributed by atoms with Crippen molar-refractivity contribution in [2.45, 2.75) is 6.42 Å². The highest BCUT2D eigenvalue weighted by atomic mass is 35.5. The first kappa shape index (κ1) is 7.27. The second kappa shape index (κ2) is 2.42. The number of rotatable bonds is 0. The van der Waals surface area contributed by atoms with Crippen LogP contribution in [0.3, 0.4) is 0 Å². The van der Waals surface area contributed by atoms with E-state index in [4.69, 9.17) is 16.3 Å². The topological polar surface area (TPSA) is 25.0 Å². The van der Waals surface area contributed by atoms with Gasteiger partial charge in [-0.3, -0.25) is 0 Å². The van der Waals surface area contributed by atoms with E-state index >= 15 is 0 Å². The van der Waals surface area contributed by atoms with Crippen LogP contribution < -0.4 is 4.74 Å². The second-order valence-corrected chi connectivity index (χ2v) is 3.61.